The lowest BCUT2D eigenvalue weighted by Gasteiger charge is -2.30. The summed E-state index contributed by atoms with van der Waals surface area (Å²) < 4.78 is 5.73. The number of aromatic nitrogens is 1. The molecule has 1 aromatic rings. The van der Waals surface area contributed by atoms with Crippen molar-refractivity contribution in [2.45, 2.75) is 51.7 Å². The van der Waals surface area contributed by atoms with E-state index in [2.05, 4.69) is 12.2 Å². The summed E-state index contributed by atoms with van der Waals surface area (Å²) in [6, 6.07) is 2.88. The maximum Gasteiger partial charge on any atom is 0.339 e. The molecule has 1 amide bonds. The van der Waals surface area contributed by atoms with E-state index in [1.54, 1.807) is 6.92 Å². The smallest absolute Gasteiger partial charge is 0.339 e. The zero-order chi connectivity index (χ0) is 16.1. The van der Waals surface area contributed by atoms with Crippen molar-refractivity contribution < 1.29 is 19.1 Å². The van der Waals surface area contributed by atoms with Crippen molar-refractivity contribution in [1.82, 2.24) is 5.32 Å². The number of ether oxygens (including phenoxy) is 1. The van der Waals surface area contributed by atoms with Crippen molar-refractivity contribution in [2.24, 2.45) is 5.92 Å². The van der Waals surface area contributed by atoms with Crippen LogP contribution in [0.2, 0.25) is 0 Å². The number of hydrogen-bond donors (Lipinski definition) is 1. The number of nitrogens with one attached hydrogen (secondary N) is 1. The molecule has 0 aromatic carbocycles. The number of carbonyl (C=O) groups excluding carboxylic acids is 2. The van der Waals surface area contributed by atoms with Gasteiger partial charge in [-0.25, -0.2) is 4.79 Å². The predicted molar refractivity (Wildman–Crippen MR) is 79.8 cm³/mol. The highest BCUT2D eigenvalue weighted by atomic mass is 16.5. The van der Waals surface area contributed by atoms with Crippen molar-refractivity contribution in [3.8, 4) is 0 Å². The lowest BCUT2D eigenvalue weighted by molar-refractivity contribution is -0.605. The summed E-state index contributed by atoms with van der Waals surface area (Å²) in [6.07, 6.45) is 5.96. The minimum absolute atomic E-state index is 0.151. The highest BCUT2D eigenvalue weighted by molar-refractivity contribution is 5.92. The molecule has 0 saturated heterocycles. The second-order valence-corrected chi connectivity index (χ2v) is 5.87. The molecule has 0 radical (unpaired) electrons. The van der Waals surface area contributed by atoms with E-state index >= 15 is 0 Å². The topological polar surface area (TPSA) is 82.3 Å². The molecule has 0 aliphatic heterocycles. The van der Waals surface area contributed by atoms with E-state index in [0.29, 0.717) is 10.6 Å². The van der Waals surface area contributed by atoms with Gasteiger partial charge in [0.1, 0.15) is 0 Å². The van der Waals surface area contributed by atoms with Gasteiger partial charge >= 0.3 is 5.97 Å². The van der Waals surface area contributed by atoms with E-state index < -0.39 is 12.1 Å². The Morgan fingerprint density at radius 1 is 1.32 bits per heavy atom. The molecule has 2 rings (SSSR count). The summed E-state index contributed by atoms with van der Waals surface area (Å²) in [5.41, 5.74) is 0.248. The van der Waals surface area contributed by atoms with Crippen molar-refractivity contribution in [2.75, 3.05) is 0 Å². The fourth-order valence-corrected chi connectivity index (χ4v) is 2.66. The highest BCUT2D eigenvalue weighted by Crippen LogP contribution is 2.23. The van der Waals surface area contributed by atoms with Gasteiger partial charge in [0.2, 0.25) is 0 Å². The first-order valence-corrected chi connectivity index (χ1v) is 7.67. The van der Waals surface area contributed by atoms with Crippen LogP contribution in [-0.4, -0.2) is 24.0 Å². The summed E-state index contributed by atoms with van der Waals surface area (Å²) in [5, 5.41) is 13.9. The fourth-order valence-electron chi connectivity index (χ4n) is 2.66. The number of hydrogen-bond acceptors (Lipinski definition) is 4. The Balaban J connectivity index is 1.87. The highest BCUT2D eigenvalue weighted by Gasteiger charge is 2.26. The standard InChI is InChI=1S/C16H22N2O4/c1-11-5-3-4-6-14(11)17-15(19)12(2)22-16(20)13-7-9-18(21)10-8-13/h7-12,14H,3-6H2,1-2H3,(H,17,19)/t11-,12-,14+/m1/s1. The summed E-state index contributed by atoms with van der Waals surface area (Å²) in [6.45, 7) is 3.68. The first kappa shape index (κ1) is 16.3. The Labute approximate surface area is 130 Å². The Hall–Kier alpha value is -2.11. The summed E-state index contributed by atoms with van der Waals surface area (Å²) in [4.78, 5) is 24.0. The molecule has 22 heavy (non-hydrogen) atoms. The summed E-state index contributed by atoms with van der Waals surface area (Å²) in [5.74, 6) is -0.441. The van der Waals surface area contributed by atoms with Gasteiger partial charge in [0.05, 0.1) is 5.56 Å². The van der Waals surface area contributed by atoms with Crippen LogP contribution in [0, 0.1) is 11.1 Å². The quantitative estimate of drug-likeness (QED) is 0.520. The number of pyridine rings is 1. The van der Waals surface area contributed by atoms with Crippen LogP contribution in [0.4, 0.5) is 0 Å². The molecular formula is C16H22N2O4. The zero-order valence-electron chi connectivity index (χ0n) is 13.0. The third-order valence-electron chi connectivity index (χ3n) is 4.13. The molecule has 6 heteroatoms. The zero-order valence-corrected chi connectivity index (χ0v) is 13.0. The van der Waals surface area contributed by atoms with Crippen LogP contribution in [0.5, 0.6) is 0 Å². The molecule has 1 aliphatic carbocycles. The Bertz CT molecular complexity index is 529. The number of rotatable bonds is 4. The molecule has 3 atom stereocenters. The van der Waals surface area contributed by atoms with E-state index in [-0.39, 0.29) is 17.5 Å². The van der Waals surface area contributed by atoms with E-state index in [1.165, 1.54) is 30.9 Å². The third-order valence-corrected chi connectivity index (χ3v) is 4.13. The monoisotopic (exact) mass is 306 g/mol. The van der Waals surface area contributed by atoms with Crippen LogP contribution < -0.4 is 10.0 Å². The second kappa shape index (κ2) is 7.24. The van der Waals surface area contributed by atoms with Gasteiger partial charge in [-0.15, -0.1) is 0 Å². The summed E-state index contributed by atoms with van der Waals surface area (Å²) >= 11 is 0. The first-order valence-electron chi connectivity index (χ1n) is 7.67. The van der Waals surface area contributed by atoms with Crippen molar-refractivity contribution in [3.05, 3.63) is 35.3 Å². The normalized spacial score (nSPS) is 22.6. The van der Waals surface area contributed by atoms with Crippen LogP contribution in [-0.2, 0) is 9.53 Å². The van der Waals surface area contributed by atoms with Gasteiger partial charge in [0.25, 0.3) is 5.91 Å². The van der Waals surface area contributed by atoms with Crippen LogP contribution in [0.25, 0.3) is 0 Å². The molecule has 1 saturated carbocycles. The first-order chi connectivity index (χ1) is 10.5. The molecule has 120 valence electrons. The van der Waals surface area contributed by atoms with E-state index in [1.807, 2.05) is 0 Å². The average Bonchev–Trinajstić information content (AvgIpc) is 2.50. The van der Waals surface area contributed by atoms with E-state index in [9.17, 15) is 14.8 Å². The minimum atomic E-state index is -0.860. The molecule has 0 bridgehead atoms. The van der Waals surface area contributed by atoms with Crippen LogP contribution in [0.15, 0.2) is 24.5 Å². The van der Waals surface area contributed by atoms with Gasteiger partial charge in [-0.2, -0.15) is 4.73 Å². The number of amides is 1. The van der Waals surface area contributed by atoms with Gasteiger partial charge in [0.15, 0.2) is 18.5 Å². The number of esters is 1. The van der Waals surface area contributed by atoms with Crippen LogP contribution in [0.3, 0.4) is 0 Å². The maximum absolute atomic E-state index is 12.1. The van der Waals surface area contributed by atoms with Gasteiger partial charge in [-0.1, -0.05) is 19.8 Å². The third kappa shape index (κ3) is 4.19. The van der Waals surface area contributed by atoms with E-state index in [0.717, 1.165) is 19.3 Å². The van der Waals surface area contributed by atoms with Crippen LogP contribution in [0.1, 0.15) is 49.9 Å². The molecule has 0 spiro atoms. The molecule has 1 heterocycles. The maximum atomic E-state index is 12.1. The number of carbonyl (C=O) groups is 2. The second-order valence-electron chi connectivity index (χ2n) is 5.87. The van der Waals surface area contributed by atoms with Crippen molar-refractivity contribution in [3.63, 3.8) is 0 Å². The lowest BCUT2D eigenvalue weighted by Crippen LogP contribution is -2.46. The molecule has 1 aromatic heterocycles. The molecule has 6 nitrogen and oxygen atoms in total. The number of nitrogens with zero attached hydrogens (tertiary/aromatic N) is 1. The predicted octanol–water partition coefficient (Wildman–Crippen LogP) is 1.56. The van der Waals surface area contributed by atoms with Gasteiger partial charge in [-0.05, 0) is 25.7 Å². The largest absolute Gasteiger partial charge is 0.619 e. The van der Waals surface area contributed by atoms with Crippen LogP contribution >= 0.6 is 0 Å². The molecule has 1 N–H and O–H groups in total. The molecule has 1 fully saturated rings. The Morgan fingerprint density at radius 2 is 1.95 bits per heavy atom. The van der Waals surface area contributed by atoms with Gasteiger partial charge in [-0.3, -0.25) is 4.79 Å². The summed E-state index contributed by atoms with van der Waals surface area (Å²) in [7, 11) is 0. The lowest BCUT2D eigenvalue weighted by atomic mass is 9.86. The van der Waals surface area contributed by atoms with Gasteiger partial charge in [0, 0.05) is 18.2 Å². The Kier molecular flexibility index (Phi) is 5.35. The van der Waals surface area contributed by atoms with E-state index in [4.69, 9.17) is 4.74 Å². The molecular weight excluding hydrogens is 284 g/mol. The average molecular weight is 306 g/mol. The van der Waals surface area contributed by atoms with Crippen molar-refractivity contribution in [1.29, 1.82) is 0 Å². The Morgan fingerprint density at radius 3 is 2.59 bits per heavy atom. The molecule has 1 aliphatic rings. The van der Waals surface area contributed by atoms with Crippen molar-refractivity contribution >= 4 is 11.9 Å². The fraction of sp³-hybridized carbons (Fsp3) is 0.562. The SMILES string of the molecule is C[C@@H]1CCCC[C@@H]1NC(=O)[C@@H](C)OC(=O)c1cc[n+]([O-])cc1. The minimum Gasteiger partial charge on any atom is -0.619 e. The van der Waals surface area contributed by atoms with Gasteiger partial charge < -0.3 is 15.3 Å². The molecule has 0 unspecified atom stereocenters.